The molecule has 0 N–H and O–H groups in total. The van der Waals surface area contributed by atoms with E-state index in [9.17, 15) is 4.79 Å². The largest absolute Gasteiger partial charge is 0.493 e. The van der Waals surface area contributed by atoms with E-state index in [0.29, 0.717) is 6.42 Å². The van der Waals surface area contributed by atoms with Crippen LogP contribution in [0.5, 0.6) is 5.75 Å². The summed E-state index contributed by atoms with van der Waals surface area (Å²) in [6.45, 7) is 2.75. The minimum absolute atomic E-state index is 0.191. The Morgan fingerprint density at radius 3 is 3.06 bits per heavy atom. The molecule has 0 aliphatic carbocycles. The lowest BCUT2D eigenvalue weighted by atomic mass is 10.0. The van der Waals surface area contributed by atoms with Crippen LogP contribution in [0, 0.1) is 0 Å². The molecule has 1 atom stereocenters. The van der Waals surface area contributed by atoms with E-state index in [-0.39, 0.29) is 11.9 Å². The Kier molecular flexibility index (Phi) is 4.37. The fourth-order valence-electron chi connectivity index (χ4n) is 2.35. The number of carbonyl (C=O) groups excluding carboxylic acids is 1. The summed E-state index contributed by atoms with van der Waals surface area (Å²) in [7, 11) is 1.60. The van der Waals surface area contributed by atoms with Gasteiger partial charge >= 0.3 is 0 Å². The summed E-state index contributed by atoms with van der Waals surface area (Å²) in [5.41, 5.74) is 2.47. The van der Waals surface area contributed by atoms with Crippen molar-refractivity contribution in [3.63, 3.8) is 0 Å². The fourth-order valence-corrected chi connectivity index (χ4v) is 2.35. The number of fused-ring (bicyclic) bond motifs is 1. The molecule has 1 aromatic carbocycles. The van der Waals surface area contributed by atoms with Gasteiger partial charge in [0.25, 0.3) is 0 Å². The number of methoxy groups -OCH3 is 1. The second-order valence-electron chi connectivity index (χ2n) is 4.64. The minimum atomic E-state index is -0.247. The number of ether oxygens (including phenoxy) is 2. The van der Waals surface area contributed by atoms with Crippen LogP contribution >= 0.6 is 0 Å². The van der Waals surface area contributed by atoms with Crippen molar-refractivity contribution in [2.75, 3.05) is 13.7 Å². The summed E-state index contributed by atoms with van der Waals surface area (Å²) in [4.78, 5) is 11.9. The summed E-state index contributed by atoms with van der Waals surface area (Å²) in [6, 6.07) is 6.21. The van der Waals surface area contributed by atoms with E-state index in [1.807, 2.05) is 19.1 Å². The summed E-state index contributed by atoms with van der Waals surface area (Å²) in [5.74, 6) is 1.19. The number of ketones is 1. The quantitative estimate of drug-likeness (QED) is 0.776. The molecule has 98 valence electrons. The van der Waals surface area contributed by atoms with Gasteiger partial charge in [-0.05, 0) is 30.0 Å². The first-order valence-corrected chi connectivity index (χ1v) is 6.54. The van der Waals surface area contributed by atoms with Crippen LogP contribution in [-0.4, -0.2) is 25.6 Å². The molecular weight excluding hydrogens is 228 g/mol. The van der Waals surface area contributed by atoms with Crippen molar-refractivity contribution in [1.29, 1.82) is 0 Å². The van der Waals surface area contributed by atoms with Crippen molar-refractivity contribution in [1.82, 2.24) is 0 Å². The molecule has 0 spiro atoms. The van der Waals surface area contributed by atoms with E-state index in [0.717, 1.165) is 31.6 Å². The van der Waals surface area contributed by atoms with Gasteiger partial charge in [-0.1, -0.05) is 19.1 Å². The number of aryl methyl sites for hydroxylation is 1. The van der Waals surface area contributed by atoms with E-state index < -0.39 is 0 Å². The zero-order chi connectivity index (χ0) is 13.0. The van der Waals surface area contributed by atoms with Crippen LogP contribution in [0.1, 0.15) is 30.9 Å². The molecule has 0 bridgehead atoms. The maximum atomic E-state index is 11.9. The Bertz CT molecular complexity index is 422. The Morgan fingerprint density at radius 2 is 2.33 bits per heavy atom. The third-order valence-corrected chi connectivity index (χ3v) is 3.43. The van der Waals surface area contributed by atoms with Crippen molar-refractivity contribution in [2.24, 2.45) is 0 Å². The molecule has 3 nitrogen and oxygen atoms in total. The summed E-state index contributed by atoms with van der Waals surface area (Å²) < 4.78 is 10.6. The van der Waals surface area contributed by atoms with Crippen LogP contribution in [-0.2, 0) is 22.4 Å². The minimum Gasteiger partial charge on any atom is -0.493 e. The highest BCUT2D eigenvalue weighted by Gasteiger charge is 2.16. The predicted molar refractivity (Wildman–Crippen MR) is 70.1 cm³/mol. The van der Waals surface area contributed by atoms with Crippen molar-refractivity contribution >= 4 is 5.78 Å². The van der Waals surface area contributed by atoms with Gasteiger partial charge in [0.15, 0.2) is 5.78 Å². The zero-order valence-corrected chi connectivity index (χ0v) is 11.1. The SMILES string of the molecule is CCC(OC)C(=O)CCc1ccc2c(c1)CCO2. The number of hydrogen-bond acceptors (Lipinski definition) is 3. The highest BCUT2D eigenvalue weighted by molar-refractivity contribution is 5.83. The molecule has 18 heavy (non-hydrogen) atoms. The highest BCUT2D eigenvalue weighted by Crippen LogP contribution is 2.26. The van der Waals surface area contributed by atoms with Crippen LogP contribution in [0.25, 0.3) is 0 Å². The summed E-state index contributed by atoms with van der Waals surface area (Å²) in [6.07, 6.45) is 2.81. The molecule has 1 heterocycles. The normalized spacial score (nSPS) is 15.0. The molecule has 0 aromatic heterocycles. The van der Waals surface area contributed by atoms with Gasteiger partial charge in [0.2, 0.25) is 0 Å². The second kappa shape index (κ2) is 6.01. The maximum Gasteiger partial charge on any atom is 0.161 e. The van der Waals surface area contributed by atoms with Crippen LogP contribution < -0.4 is 4.74 Å². The highest BCUT2D eigenvalue weighted by atomic mass is 16.5. The van der Waals surface area contributed by atoms with Crippen molar-refractivity contribution in [3.8, 4) is 5.75 Å². The van der Waals surface area contributed by atoms with Gasteiger partial charge in [-0.2, -0.15) is 0 Å². The van der Waals surface area contributed by atoms with Crippen LogP contribution in [0.4, 0.5) is 0 Å². The molecule has 0 radical (unpaired) electrons. The molecular formula is C15H20O3. The van der Waals surface area contributed by atoms with Crippen LogP contribution in [0.15, 0.2) is 18.2 Å². The first kappa shape index (κ1) is 13.1. The Labute approximate surface area is 108 Å². The molecule has 0 saturated carbocycles. The predicted octanol–water partition coefficient (Wildman–Crippen LogP) is 2.55. The van der Waals surface area contributed by atoms with Crippen molar-refractivity contribution in [2.45, 2.75) is 38.7 Å². The number of carbonyl (C=O) groups is 1. The molecule has 1 aliphatic rings. The van der Waals surface area contributed by atoms with Gasteiger partial charge in [0.1, 0.15) is 11.9 Å². The zero-order valence-electron chi connectivity index (χ0n) is 11.1. The van der Waals surface area contributed by atoms with E-state index in [1.165, 1.54) is 11.1 Å². The first-order chi connectivity index (χ1) is 8.74. The lowest BCUT2D eigenvalue weighted by molar-refractivity contribution is -0.128. The molecule has 0 saturated heterocycles. The lowest BCUT2D eigenvalue weighted by Gasteiger charge is -2.11. The molecule has 2 rings (SSSR count). The maximum absolute atomic E-state index is 11.9. The van der Waals surface area contributed by atoms with Crippen molar-refractivity contribution < 1.29 is 14.3 Å². The van der Waals surface area contributed by atoms with E-state index in [1.54, 1.807) is 7.11 Å². The van der Waals surface area contributed by atoms with Gasteiger partial charge in [-0.25, -0.2) is 0 Å². The van der Waals surface area contributed by atoms with E-state index >= 15 is 0 Å². The topological polar surface area (TPSA) is 35.5 Å². The van der Waals surface area contributed by atoms with E-state index in [2.05, 4.69) is 6.07 Å². The van der Waals surface area contributed by atoms with Crippen molar-refractivity contribution in [3.05, 3.63) is 29.3 Å². The molecule has 0 fully saturated rings. The monoisotopic (exact) mass is 248 g/mol. The first-order valence-electron chi connectivity index (χ1n) is 6.54. The molecule has 1 aliphatic heterocycles. The molecule has 1 unspecified atom stereocenters. The number of Topliss-reactive ketones (excluding diaryl/α,β-unsaturated/α-hetero) is 1. The van der Waals surface area contributed by atoms with Crippen LogP contribution in [0.2, 0.25) is 0 Å². The van der Waals surface area contributed by atoms with Gasteiger partial charge < -0.3 is 9.47 Å². The van der Waals surface area contributed by atoms with Gasteiger partial charge in [0, 0.05) is 20.0 Å². The Balaban J connectivity index is 1.92. The number of benzene rings is 1. The summed E-state index contributed by atoms with van der Waals surface area (Å²) >= 11 is 0. The van der Waals surface area contributed by atoms with Gasteiger partial charge in [-0.15, -0.1) is 0 Å². The number of rotatable bonds is 6. The van der Waals surface area contributed by atoms with Gasteiger partial charge in [-0.3, -0.25) is 4.79 Å². The standard InChI is InChI=1S/C15H20O3/c1-3-14(17-2)13(16)6-4-11-5-7-15-12(10-11)8-9-18-15/h5,7,10,14H,3-4,6,8-9H2,1-2H3. The Hall–Kier alpha value is -1.35. The van der Waals surface area contributed by atoms with Gasteiger partial charge in [0.05, 0.1) is 6.61 Å². The average Bonchev–Trinajstić information content (AvgIpc) is 2.85. The fraction of sp³-hybridized carbons (Fsp3) is 0.533. The average molecular weight is 248 g/mol. The molecule has 3 heteroatoms. The smallest absolute Gasteiger partial charge is 0.161 e. The lowest BCUT2D eigenvalue weighted by Crippen LogP contribution is -2.22. The summed E-state index contributed by atoms with van der Waals surface area (Å²) in [5, 5.41) is 0. The second-order valence-corrected chi connectivity index (χ2v) is 4.64. The third-order valence-electron chi connectivity index (χ3n) is 3.43. The third kappa shape index (κ3) is 2.91. The molecule has 0 amide bonds. The van der Waals surface area contributed by atoms with E-state index in [4.69, 9.17) is 9.47 Å². The number of hydrogen-bond donors (Lipinski definition) is 0. The van der Waals surface area contributed by atoms with Crippen LogP contribution in [0.3, 0.4) is 0 Å². The molecule has 1 aromatic rings. The Morgan fingerprint density at radius 1 is 1.50 bits per heavy atom.